The van der Waals surface area contributed by atoms with Gasteiger partial charge in [-0.1, -0.05) is 12.1 Å². The Balaban J connectivity index is 2.27. The summed E-state index contributed by atoms with van der Waals surface area (Å²) in [6.45, 7) is 5.21. The molecule has 0 atom stereocenters. The second kappa shape index (κ2) is 4.18. The highest BCUT2D eigenvalue weighted by Crippen LogP contribution is 2.27. The van der Waals surface area contributed by atoms with E-state index in [0.717, 1.165) is 23.2 Å². The van der Waals surface area contributed by atoms with Crippen LogP contribution in [0.25, 0.3) is 11.0 Å². The molecule has 3 heteroatoms. The highest BCUT2D eigenvalue weighted by atomic mass is 16.3. The summed E-state index contributed by atoms with van der Waals surface area (Å²) in [5.74, 6) is 0. The maximum absolute atomic E-state index is 5.49. The van der Waals surface area contributed by atoms with E-state index in [-0.39, 0.29) is 5.54 Å². The molecule has 0 amide bonds. The van der Waals surface area contributed by atoms with Crippen molar-refractivity contribution in [1.29, 1.82) is 0 Å². The predicted molar refractivity (Wildman–Crippen MR) is 67.8 cm³/mol. The Morgan fingerprint density at radius 1 is 1.25 bits per heavy atom. The van der Waals surface area contributed by atoms with Crippen molar-refractivity contribution in [3.8, 4) is 0 Å². The SMILES string of the molecule is CNCC(C)(C)Nc1coc2ccccc12. The summed E-state index contributed by atoms with van der Waals surface area (Å²) < 4.78 is 5.49. The van der Waals surface area contributed by atoms with Crippen molar-refractivity contribution in [2.45, 2.75) is 19.4 Å². The fraction of sp³-hybridized carbons (Fsp3) is 0.385. The molecule has 0 saturated heterocycles. The number of likely N-dealkylation sites (N-methyl/N-ethyl adjacent to an activating group) is 1. The standard InChI is InChI=1S/C13H18N2O/c1-13(2,9-14-3)15-11-8-16-12-7-5-4-6-10(11)12/h4-8,14-15H,9H2,1-3H3. The Morgan fingerprint density at radius 3 is 2.75 bits per heavy atom. The van der Waals surface area contributed by atoms with E-state index in [1.807, 2.05) is 25.2 Å². The summed E-state index contributed by atoms with van der Waals surface area (Å²) in [6.07, 6.45) is 1.78. The lowest BCUT2D eigenvalue weighted by atomic mass is 10.1. The summed E-state index contributed by atoms with van der Waals surface area (Å²) in [5, 5.41) is 7.79. The van der Waals surface area contributed by atoms with Crippen LogP contribution in [-0.4, -0.2) is 19.1 Å². The van der Waals surface area contributed by atoms with Gasteiger partial charge in [-0.3, -0.25) is 0 Å². The molecule has 2 N–H and O–H groups in total. The molecule has 2 rings (SSSR count). The van der Waals surface area contributed by atoms with Gasteiger partial charge in [0.15, 0.2) is 0 Å². The minimum absolute atomic E-state index is 0.00138. The third kappa shape index (κ3) is 2.19. The number of hydrogen-bond donors (Lipinski definition) is 2. The maximum Gasteiger partial charge on any atom is 0.136 e. The molecular formula is C13H18N2O. The Morgan fingerprint density at radius 2 is 2.00 bits per heavy atom. The van der Waals surface area contributed by atoms with Crippen LogP contribution in [0.15, 0.2) is 34.9 Å². The largest absolute Gasteiger partial charge is 0.462 e. The van der Waals surface area contributed by atoms with Gasteiger partial charge in [-0.05, 0) is 33.0 Å². The molecule has 1 heterocycles. The Hall–Kier alpha value is -1.48. The summed E-state index contributed by atoms with van der Waals surface area (Å²) in [7, 11) is 1.96. The van der Waals surface area contributed by atoms with Gasteiger partial charge in [0.25, 0.3) is 0 Å². The van der Waals surface area contributed by atoms with E-state index in [4.69, 9.17) is 4.42 Å². The zero-order chi connectivity index (χ0) is 11.6. The van der Waals surface area contributed by atoms with Crippen molar-refractivity contribution in [2.24, 2.45) is 0 Å². The number of fused-ring (bicyclic) bond motifs is 1. The molecule has 0 bridgehead atoms. The number of benzene rings is 1. The molecular weight excluding hydrogens is 200 g/mol. The molecule has 1 aromatic heterocycles. The van der Waals surface area contributed by atoms with Gasteiger partial charge >= 0.3 is 0 Å². The van der Waals surface area contributed by atoms with Crippen LogP contribution in [0, 0.1) is 0 Å². The van der Waals surface area contributed by atoms with E-state index in [1.165, 1.54) is 0 Å². The zero-order valence-corrected chi connectivity index (χ0v) is 10.0. The first-order chi connectivity index (χ1) is 7.62. The second-order valence-corrected chi connectivity index (χ2v) is 4.68. The number of nitrogens with one attached hydrogen (secondary N) is 2. The van der Waals surface area contributed by atoms with E-state index in [2.05, 4.69) is 30.5 Å². The van der Waals surface area contributed by atoms with Gasteiger partial charge in [-0.25, -0.2) is 0 Å². The van der Waals surface area contributed by atoms with Gasteiger partial charge in [-0.15, -0.1) is 0 Å². The number of anilines is 1. The monoisotopic (exact) mass is 218 g/mol. The fourth-order valence-corrected chi connectivity index (χ4v) is 1.93. The van der Waals surface area contributed by atoms with E-state index in [9.17, 15) is 0 Å². The molecule has 0 aliphatic heterocycles. The summed E-state index contributed by atoms with van der Waals surface area (Å²) in [6, 6.07) is 8.05. The normalized spacial score (nSPS) is 11.9. The molecule has 0 aliphatic rings. The molecule has 0 spiro atoms. The Bertz CT molecular complexity index is 473. The van der Waals surface area contributed by atoms with Gasteiger partial charge in [0.05, 0.1) is 5.69 Å². The van der Waals surface area contributed by atoms with Crippen LogP contribution in [0.2, 0.25) is 0 Å². The first kappa shape index (κ1) is 11.0. The number of furan rings is 1. The number of para-hydroxylation sites is 1. The van der Waals surface area contributed by atoms with Crippen LogP contribution >= 0.6 is 0 Å². The van der Waals surface area contributed by atoms with Crippen molar-refractivity contribution in [3.05, 3.63) is 30.5 Å². The topological polar surface area (TPSA) is 37.2 Å². The summed E-state index contributed by atoms with van der Waals surface area (Å²) >= 11 is 0. The van der Waals surface area contributed by atoms with Crippen molar-refractivity contribution in [3.63, 3.8) is 0 Å². The fourth-order valence-electron chi connectivity index (χ4n) is 1.93. The van der Waals surface area contributed by atoms with Crippen LogP contribution in [0.3, 0.4) is 0 Å². The smallest absolute Gasteiger partial charge is 0.136 e. The third-order valence-electron chi connectivity index (χ3n) is 2.57. The van der Waals surface area contributed by atoms with E-state index >= 15 is 0 Å². The lowest BCUT2D eigenvalue weighted by molar-refractivity contribution is 0.528. The molecule has 86 valence electrons. The molecule has 0 saturated carbocycles. The molecule has 1 aromatic carbocycles. The van der Waals surface area contributed by atoms with Crippen LogP contribution in [0.4, 0.5) is 5.69 Å². The second-order valence-electron chi connectivity index (χ2n) is 4.68. The lowest BCUT2D eigenvalue weighted by Crippen LogP contribution is -2.40. The molecule has 16 heavy (non-hydrogen) atoms. The average Bonchev–Trinajstić information content (AvgIpc) is 2.61. The minimum atomic E-state index is 0.00138. The molecule has 0 aliphatic carbocycles. The molecule has 0 fully saturated rings. The van der Waals surface area contributed by atoms with Crippen molar-refractivity contribution >= 4 is 16.7 Å². The van der Waals surface area contributed by atoms with Crippen LogP contribution < -0.4 is 10.6 Å². The molecule has 3 nitrogen and oxygen atoms in total. The van der Waals surface area contributed by atoms with Crippen molar-refractivity contribution in [1.82, 2.24) is 5.32 Å². The molecule has 0 unspecified atom stereocenters. The lowest BCUT2D eigenvalue weighted by Gasteiger charge is -2.26. The number of hydrogen-bond acceptors (Lipinski definition) is 3. The predicted octanol–water partition coefficient (Wildman–Crippen LogP) is 2.84. The van der Waals surface area contributed by atoms with E-state index in [0.29, 0.717) is 0 Å². The highest BCUT2D eigenvalue weighted by Gasteiger charge is 2.18. The zero-order valence-electron chi connectivity index (χ0n) is 10.0. The minimum Gasteiger partial charge on any atom is -0.462 e. The van der Waals surface area contributed by atoms with Crippen LogP contribution in [0.5, 0.6) is 0 Å². The van der Waals surface area contributed by atoms with Gasteiger partial charge in [0, 0.05) is 17.5 Å². The first-order valence-corrected chi connectivity index (χ1v) is 5.51. The van der Waals surface area contributed by atoms with Crippen molar-refractivity contribution in [2.75, 3.05) is 18.9 Å². The van der Waals surface area contributed by atoms with E-state index in [1.54, 1.807) is 6.26 Å². The quantitative estimate of drug-likeness (QED) is 0.828. The maximum atomic E-state index is 5.49. The van der Waals surface area contributed by atoms with Gasteiger partial charge < -0.3 is 15.1 Å². The third-order valence-corrected chi connectivity index (χ3v) is 2.57. The van der Waals surface area contributed by atoms with E-state index < -0.39 is 0 Å². The first-order valence-electron chi connectivity index (χ1n) is 5.51. The van der Waals surface area contributed by atoms with Gasteiger partial charge in [0.1, 0.15) is 11.8 Å². The average molecular weight is 218 g/mol. The Labute approximate surface area is 95.8 Å². The Kier molecular flexibility index (Phi) is 2.88. The van der Waals surface area contributed by atoms with Crippen molar-refractivity contribution < 1.29 is 4.42 Å². The summed E-state index contributed by atoms with van der Waals surface area (Å²) in [5.41, 5.74) is 1.97. The van der Waals surface area contributed by atoms with Crippen LogP contribution in [0.1, 0.15) is 13.8 Å². The van der Waals surface area contributed by atoms with Crippen LogP contribution in [-0.2, 0) is 0 Å². The molecule has 2 aromatic rings. The number of rotatable bonds is 4. The van der Waals surface area contributed by atoms with Gasteiger partial charge in [0.2, 0.25) is 0 Å². The molecule has 0 radical (unpaired) electrons. The highest BCUT2D eigenvalue weighted by molar-refractivity contribution is 5.90. The van der Waals surface area contributed by atoms with Gasteiger partial charge in [-0.2, -0.15) is 0 Å². The summed E-state index contributed by atoms with van der Waals surface area (Å²) in [4.78, 5) is 0.